The van der Waals surface area contributed by atoms with E-state index in [1.54, 1.807) is 12.1 Å². The predicted molar refractivity (Wildman–Crippen MR) is 145 cm³/mol. The number of fused-ring (bicyclic) bond motifs is 1. The highest BCUT2D eigenvalue weighted by Crippen LogP contribution is 2.36. The molecule has 0 aliphatic heterocycles. The third-order valence-electron chi connectivity index (χ3n) is 8.44. The van der Waals surface area contributed by atoms with Crippen molar-refractivity contribution in [3.8, 4) is 0 Å². The maximum atomic E-state index is 15.2. The van der Waals surface area contributed by atoms with E-state index in [4.69, 9.17) is 0 Å². The molecule has 0 spiro atoms. The van der Waals surface area contributed by atoms with Gasteiger partial charge < -0.3 is 0 Å². The Balaban J connectivity index is 1.32. The van der Waals surface area contributed by atoms with Crippen LogP contribution in [0.15, 0.2) is 42.5 Å². The third kappa shape index (κ3) is 7.79. The molecule has 0 atom stereocenters. The third-order valence-corrected chi connectivity index (χ3v) is 8.44. The van der Waals surface area contributed by atoms with Crippen LogP contribution in [0.1, 0.15) is 93.4 Å². The van der Waals surface area contributed by atoms with Crippen molar-refractivity contribution in [3.63, 3.8) is 0 Å². The Morgan fingerprint density at radius 2 is 1.36 bits per heavy atom. The van der Waals surface area contributed by atoms with Gasteiger partial charge in [0.25, 0.3) is 0 Å². The van der Waals surface area contributed by atoms with Gasteiger partial charge in [-0.3, -0.25) is 0 Å². The molecule has 6 heteroatoms. The SMILES string of the molecule is CCCCCCC1CCC(CCc2ccc3c(F)c(CCc4cc(F)c(C(F)(F)F)c(F)c4)ccc3c2)CC1. The summed E-state index contributed by atoms with van der Waals surface area (Å²) in [4.78, 5) is 0. The number of rotatable bonds is 11. The average molecular weight is 549 g/mol. The normalized spacial score (nSPS) is 18.1. The smallest absolute Gasteiger partial charge is 0.206 e. The molecule has 0 aromatic heterocycles. The minimum Gasteiger partial charge on any atom is -0.206 e. The highest BCUT2D eigenvalue weighted by Gasteiger charge is 2.37. The number of benzene rings is 3. The van der Waals surface area contributed by atoms with E-state index < -0.39 is 29.2 Å². The molecular formula is C33H38F6. The molecule has 212 valence electrons. The van der Waals surface area contributed by atoms with Gasteiger partial charge in [-0.15, -0.1) is 0 Å². The highest BCUT2D eigenvalue weighted by atomic mass is 19.4. The zero-order valence-electron chi connectivity index (χ0n) is 22.7. The summed E-state index contributed by atoms with van der Waals surface area (Å²) in [5.41, 5.74) is -0.294. The minimum absolute atomic E-state index is 0.0213. The standard InChI is InChI=1S/C33H38F6/c1-2-3-4-5-6-22-7-9-23(10-8-22)11-12-24-14-18-28-27(19-24)17-16-26(32(28)36)15-13-25-20-29(34)31(30(35)21-25)33(37,38)39/h14,16-23H,2-13,15H2,1H3. The Kier molecular flexibility index (Phi) is 10.0. The summed E-state index contributed by atoms with van der Waals surface area (Å²) in [6.07, 6.45) is 9.17. The van der Waals surface area contributed by atoms with Crippen LogP contribution in [0.3, 0.4) is 0 Å². The maximum Gasteiger partial charge on any atom is 0.422 e. The number of unbranched alkanes of at least 4 members (excludes halogenated alkanes) is 3. The fraction of sp³-hybridized carbons (Fsp3) is 0.515. The van der Waals surface area contributed by atoms with Crippen LogP contribution in [0.25, 0.3) is 10.8 Å². The number of hydrogen-bond donors (Lipinski definition) is 0. The fourth-order valence-electron chi connectivity index (χ4n) is 6.09. The van der Waals surface area contributed by atoms with Crippen LogP contribution in [0.2, 0.25) is 0 Å². The van der Waals surface area contributed by atoms with Gasteiger partial charge in [-0.1, -0.05) is 95.0 Å². The number of aryl methyl sites for hydroxylation is 3. The lowest BCUT2D eigenvalue weighted by molar-refractivity contribution is -0.142. The van der Waals surface area contributed by atoms with E-state index in [1.165, 1.54) is 63.4 Å². The van der Waals surface area contributed by atoms with Gasteiger partial charge in [-0.25, -0.2) is 13.2 Å². The van der Waals surface area contributed by atoms with Crippen LogP contribution in [0.4, 0.5) is 26.3 Å². The Labute approximate surface area is 227 Å². The van der Waals surface area contributed by atoms with E-state index in [1.807, 2.05) is 18.2 Å². The van der Waals surface area contributed by atoms with E-state index in [9.17, 15) is 22.0 Å². The first-order chi connectivity index (χ1) is 18.7. The first kappa shape index (κ1) is 29.5. The molecule has 0 heterocycles. The summed E-state index contributed by atoms with van der Waals surface area (Å²) in [7, 11) is 0. The Hall–Kier alpha value is -2.50. The van der Waals surface area contributed by atoms with E-state index >= 15 is 4.39 Å². The minimum atomic E-state index is -5.11. The number of halogens is 6. The van der Waals surface area contributed by atoms with Gasteiger partial charge in [-0.05, 0) is 71.7 Å². The van der Waals surface area contributed by atoms with Gasteiger partial charge in [0.05, 0.1) is 0 Å². The van der Waals surface area contributed by atoms with Crippen molar-refractivity contribution in [1.82, 2.24) is 0 Å². The molecule has 1 saturated carbocycles. The molecular weight excluding hydrogens is 510 g/mol. The van der Waals surface area contributed by atoms with Crippen LogP contribution in [0.5, 0.6) is 0 Å². The molecule has 3 aromatic rings. The van der Waals surface area contributed by atoms with Gasteiger partial charge in [0.2, 0.25) is 0 Å². The molecule has 0 bridgehead atoms. The molecule has 0 nitrogen and oxygen atoms in total. The molecule has 0 unspecified atom stereocenters. The zero-order chi connectivity index (χ0) is 28.0. The first-order valence-corrected chi connectivity index (χ1v) is 14.4. The van der Waals surface area contributed by atoms with Crippen molar-refractivity contribution in [2.24, 2.45) is 11.8 Å². The zero-order valence-corrected chi connectivity index (χ0v) is 22.7. The van der Waals surface area contributed by atoms with E-state index in [0.717, 1.165) is 30.1 Å². The molecule has 0 amide bonds. The molecule has 1 fully saturated rings. The second kappa shape index (κ2) is 13.2. The largest absolute Gasteiger partial charge is 0.422 e. The summed E-state index contributed by atoms with van der Waals surface area (Å²) in [6.45, 7) is 2.25. The Bertz CT molecular complexity index is 1210. The lowest BCUT2D eigenvalue weighted by Gasteiger charge is -2.28. The van der Waals surface area contributed by atoms with Crippen molar-refractivity contribution in [2.75, 3.05) is 0 Å². The monoisotopic (exact) mass is 548 g/mol. The molecule has 0 N–H and O–H groups in total. The summed E-state index contributed by atoms with van der Waals surface area (Å²) in [6, 6.07) is 10.6. The van der Waals surface area contributed by atoms with Gasteiger partial charge in [0, 0.05) is 5.39 Å². The molecule has 39 heavy (non-hydrogen) atoms. The van der Waals surface area contributed by atoms with Crippen LogP contribution in [-0.2, 0) is 25.4 Å². The lowest BCUT2D eigenvalue weighted by Crippen LogP contribution is -2.15. The van der Waals surface area contributed by atoms with Crippen LogP contribution >= 0.6 is 0 Å². The molecule has 4 rings (SSSR count). The maximum absolute atomic E-state index is 15.2. The topological polar surface area (TPSA) is 0 Å². The summed E-state index contributed by atoms with van der Waals surface area (Å²) in [5.74, 6) is -2.05. The van der Waals surface area contributed by atoms with Crippen LogP contribution in [0, 0.1) is 29.3 Å². The molecule has 1 aliphatic rings. The van der Waals surface area contributed by atoms with Crippen molar-refractivity contribution < 1.29 is 26.3 Å². The molecule has 3 aromatic carbocycles. The predicted octanol–water partition coefficient (Wildman–Crippen LogP) is 10.8. The van der Waals surface area contributed by atoms with E-state index in [2.05, 4.69) is 6.92 Å². The van der Waals surface area contributed by atoms with Crippen molar-refractivity contribution in [3.05, 3.63) is 82.2 Å². The quantitative estimate of drug-likeness (QED) is 0.165. The van der Waals surface area contributed by atoms with Gasteiger partial charge in [0.1, 0.15) is 23.0 Å². The van der Waals surface area contributed by atoms with E-state index in [0.29, 0.717) is 23.1 Å². The van der Waals surface area contributed by atoms with Crippen molar-refractivity contribution >= 4 is 10.8 Å². The Morgan fingerprint density at radius 3 is 2.00 bits per heavy atom. The van der Waals surface area contributed by atoms with E-state index in [-0.39, 0.29) is 18.4 Å². The lowest BCUT2D eigenvalue weighted by atomic mass is 9.77. The van der Waals surface area contributed by atoms with Gasteiger partial charge in [-0.2, -0.15) is 13.2 Å². The number of alkyl halides is 3. The van der Waals surface area contributed by atoms with Crippen molar-refractivity contribution in [2.45, 2.75) is 96.6 Å². The van der Waals surface area contributed by atoms with Crippen LogP contribution in [-0.4, -0.2) is 0 Å². The summed E-state index contributed by atoms with van der Waals surface area (Å²) >= 11 is 0. The first-order valence-electron chi connectivity index (χ1n) is 14.4. The molecule has 0 radical (unpaired) electrons. The molecule has 1 aliphatic carbocycles. The fourth-order valence-corrected chi connectivity index (χ4v) is 6.09. The van der Waals surface area contributed by atoms with Gasteiger partial charge in [0.15, 0.2) is 0 Å². The van der Waals surface area contributed by atoms with Gasteiger partial charge >= 0.3 is 6.18 Å². The van der Waals surface area contributed by atoms with Crippen LogP contribution < -0.4 is 0 Å². The van der Waals surface area contributed by atoms with Crippen molar-refractivity contribution in [1.29, 1.82) is 0 Å². The second-order valence-electron chi connectivity index (χ2n) is 11.3. The highest BCUT2D eigenvalue weighted by molar-refractivity contribution is 5.84. The average Bonchev–Trinajstić information content (AvgIpc) is 2.89. The summed E-state index contributed by atoms with van der Waals surface area (Å²) < 4.78 is 81.4. The summed E-state index contributed by atoms with van der Waals surface area (Å²) in [5, 5.41) is 1.28. The molecule has 0 saturated heterocycles. The second-order valence-corrected chi connectivity index (χ2v) is 11.3. The number of hydrogen-bond acceptors (Lipinski definition) is 0. The Morgan fingerprint density at radius 1 is 0.692 bits per heavy atom.